The summed E-state index contributed by atoms with van der Waals surface area (Å²) in [5.41, 5.74) is 1.96. The van der Waals surface area contributed by atoms with Crippen LogP contribution in [-0.2, 0) is 0 Å². The summed E-state index contributed by atoms with van der Waals surface area (Å²) in [6.07, 6.45) is 0. The number of rotatable bonds is 5. The van der Waals surface area contributed by atoms with Crippen LogP contribution in [0.4, 0.5) is 15.8 Å². The van der Waals surface area contributed by atoms with Crippen LogP contribution in [-0.4, -0.2) is 19.6 Å². The first kappa shape index (κ1) is 14.8. The SMILES string of the molecule is CCNc1ccc(C(=O)Nc2ccc(F)c(OC)c2)cc1. The monoisotopic (exact) mass is 288 g/mol. The van der Waals surface area contributed by atoms with Gasteiger partial charge in [0.25, 0.3) is 5.91 Å². The lowest BCUT2D eigenvalue weighted by Crippen LogP contribution is -2.12. The number of amides is 1. The van der Waals surface area contributed by atoms with Crippen LogP contribution >= 0.6 is 0 Å². The fourth-order valence-electron chi connectivity index (χ4n) is 1.88. The third kappa shape index (κ3) is 3.72. The maximum Gasteiger partial charge on any atom is 0.255 e. The van der Waals surface area contributed by atoms with Gasteiger partial charge in [0.05, 0.1) is 7.11 Å². The third-order valence-corrected chi connectivity index (χ3v) is 2.94. The molecule has 4 nitrogen and oxygen atoms in total. The van der Waals surface area contributed by atoms with Gasteiger partial charge in [0.15, 0.2) is 11.6 Å². The second kappa shape index (κ2) is 6.74. The van der Waals surface area contributed by atoms with Gasteiger partial charge in [0.1, 0.15) is 0 Å². The normalized spacial score (nSPS) is 10.0. The van der Waals surface area contributed by atoms with Crippen molar-refractivity contribution in [2.24, 2.45) is 0 Å². The predicted octanol–water partition coefficient (Wildman–Crippen LogP) is 3.52. The van der Waals surface area contributed by atoms with Crippen molar-refractivity contribution in [3.63, 3.8) is 0 Å². The molecule has 0 aliphatic heterocycles. The van der Waals surface area contributed by atoms with Crippen molar-refractivity contribution < 1.29 is 13.9 Å². The van der Waals surface area contributed by atoms with Crippen LogP contribution in [0.3, 0.4) is 0 Å². The van der Waals surface area contributed by atoms with Crippen molar-refractivity contribution in [2.45, 2.75) is 6.92 Å². The highest BCUT2D eigenvalue weighted by Gasteiger charge is 2.08. The molecule has 21 heavy (non-hydrogen) atoms. The average Bonchev–Trinajstić information content (AvgIpc) is 2.50. The number of methoxy groups -OCH3 is 1. The Balaban J connectivity index is 2.10. The number of hydrogen-bond donors (Lipinski definition) is 2. The minimum atomic E-state index is -0.467. The second-order valence-electron chi connectivity index (χ2n) is 4.41. The van der Waals surface area contributed by atoms with Gasteiger partial charge in [-0.05, 0) is 43.3 Å². The molecule has 2 aromatic rings. The minimum Gasteiger partial charge on any atom is -0.494 e. The number of halogens is 1. The fourth-order valence-corrected chi connectivity index (χ4v) is 1.88. The van der Waals surface area contributed by atoms with E-state index < -0.39 is 5.82 Å². The summed E-state index contributed by atoms with van der Waals surface area (Å²) >= 11 is 0. The molecular formula is C16H17FN2O2. The first-order valence-corrected chi connectivity index (χ1v) is 6.63. The molecule has 0 atom stereocenters. The average molecular weight is 288 g/mol. The Labute approximate surface area is 122 Å². The van der Waals surface area contributed by atoms with E-state index >= 15 is 0 Å². The van der Waals surface area contributed by atoms with Crippen molar-refractivity contribution in [3.05, 3.63) is 53.8 Å². The van der Waals surface area contributed by atoms with E-state index in [9.17, 15) is 9.18 Å². The summed E-state index contributed by atoms with van der Waals surface area (Å²) in [6.45, 7) is 2.82. The van der Waals surface area contributed by atoms with Crippen molar-refractivity contribution in [2.75, 3.05) is 24.3 Å². The lowest BCUT2D eigenvalue weighted by Gasteiger charge is -2.09. The molecule has 5 heteroatoms. The second-order valence-corrected chi connectivity index (χ2v) is 4.41. The first-order chi connectivity index (χ1) is 10.1. The number of hydrogen-bond acceptors (Lipinski definition) is 3. The zero-order chi connectivity index (χ0) is 15.2. The zero-order valence-corrected chi connectivity index (χ0v) is 11.9. The summed E-state index contributed by atoms with van der Waals surface area (Å²) in [7, 11) is 1.38. The molecule has 0 saturated heterocycles. The third-order valence-electron chi connectivity index (χ3n) is 2.94. The van der Waals surface area contributed by atoms with E-state index in [0.29, 0.717) is 11.3 Å². The van der Waals surface area contributed by atoms with Crippen LogP contribution in [0, 0.1) is 5.82 Å². The Kier molecular flexibility index (Phi) is 4.77. The van der Waals surface area contributed by atoms with E-state index in [4.69, 9.17) is 4.74 Å². The molecule has 2 rings (SSSR count). The molecule has 0 bridgehead atoms. The van der Waals surface area contributed by atoms with Gasteiger partial charge in [-0.25, -0.2) is 4.39 Å². The molecular weight excluding hydrogens is 271 g/mol. The van der Waals surface area contributed by atoms with Gasteiger partial charge in [-0.1, -0.05) is 0 Å². The van der Waals surface area contributed by atoms with Gasteiger partial charge in [-0.2, -0.15) is 0 Å². The Hall–Kier alpha value is -2.56. The van der Waals surface area contributed by atoms with Gasteiger partial charge >= 0.3 is 0 Å². The van der Waals surface area contributed by atoms with E-state index in [1.165, 1.54) is 25.3 Å². The predicted molar refractivity (Wildman–Crippen MR) is 81.5 cm³/mol. The van der Waals surface area contributed by atoms with Gasteiger partial charge in [0.2, 0.25) is 0 Å². The minimum absolute atomic E-state index is 0.0929. The Morgan fingerprint density at radius 3 is 2.43 bits per heavy atom. The maximum atomic E-state index is 13.3. The van der Waals surface area contributed by atoms with E-state index in [2.05, 4.69) is 10.6 Å². The van der Waals surface area contributed by atoms with Gasteiger partial charge in [0, 0.05) is 29.5 Å². The van der Waals surface area contributed by atoms with Crippen LogP contribution in [0.25, 0.3) is 0 Å². The maximum absolute atomic E-state index is 13.3. The molecule has 2 aromatic carbocycles. The van der Waals surface area contributed by atoms with Gasteiger partial charge in [-0.15, -0.1) is 0 Å². The molecule has 110 valence electrons. The number of ether oxygens (including phenoxy) is 1. The van der Waals surface area contributed by atoms with Crippen LogP contribution in [0.1, 0.15) is 17.3 Å². The molecule has 0 spiro atoms. The number of carbonyl (C=O) groups excluding carboxylic acids is 1. The Morgan fingerprint density at radius 2 is 1.81 bits per heavy atom. The molecule has 0 aliphatic rings. The molecule has 1 amide bonds. The molecule has 0 radical (unpaired) electrons. The standard InChI is InChI=1S/C16H17FN2O2/c1-3-18-12-6-4-11(5-7-12)16(20)19-13-8-9-14(17)15(10-13)21-2/h4-10,18H,3H2,1-2H3,(H,19,20). The summed E-state index contributed by atoms with van der Waals surface area (Å²) in [4.78, 5) is 12.1. The highest BCUT2D eigenvalue weighted by molar-refractivity contribution is 6.04. The lowest BCUT2D eigenvalue weighted by molar-refractivity contribution is 0.102. The lowest BCUT2D eigenvalue weighted by atomic mass is 10.2. The summed E-state index contributed by atoms with van der Waals surface area (Å²) in [5, 5.41) is 5.86. The largest absolute Gasteiger partial charge is 0.494 e. The summed E-state index contributed by atoms with van der Waals surface area (Å²) in [6, 6.07) is 11.3. The molecule has 0 aliphatic carbocycles. The van der Waals surface area contributed by atoms with Crippen LogP contribution in [0.5, 0.6) is 5.75 Å². The molecule has 0 heterocycles. The van der Waals surface area contributed by atoms with E-state index in [1.54, 1.807) is 12.1 Å². The molecule has 2 N–H and O–H groups in total. The van der Waals surface area contributed by atoms with Gasteiger partial charge in [-0.3, -0.25) is 4.79 Å². The van der Waals surface area contributed by atoms with E-state index in [-0.39, 0.29) is 11.7 Å². The fraction of sp³-hybridized carbons (Fsp3) is 0.188. The van der Waals surface area contributed by atoms with Crippen molar-refractivity contribution in [3.8, 4) is 5.75 Å². The molecule has 0 fully saturated rings. The van der Waals surface area contributed by atoms with Crippen molar-refractivity contribution >= 4 is 17.3 Å². The van der Waals surface area contributed by atoms with E-state index in [1.807, 2.05) is 19.1 Å². The topological polar surface area (TPSA) is 50.4 Å². The zero-order valence-electron chi connectivity index (χ0n) is 11.9. The number of carbonyl (C=O) groups is 1. The highest BCUT2D eigenvalue weighted by Crippen LogP contribution is 2.22. The van der Waals surface area contributed by atoms with Crippen LogP contribution < -0.4 is 15.4 Å². The summed E-state index contributed by atoms with van der Waals surface area (Å²) < 4.78 is 18.2. The molecule has 0 saturated carbocycles. The first-order valence-electron chi connectivity index (χ1n) is 6.63. The molecule has 0 aromatic heterocycles. The smallest absolute Gasteiger partial charge is 0.255 e. The Morgan fingerprint density at radius 1 is 1.14 bits per heavy atom. The number of anilines is 2. The quantitative estimate of drug-likeness (QED) is 0.885. The molecule has 0 unspecified atom stereocenters. The highest BCUT2D eigenvalue weighted by atomic mass is 19.1. The van der Waals surface area contributed by atoms with Crippen LogP contribution in [0.15, 0.2) is 42.5 Å². The number of benzene rings is 2. The van der Waals surface area contributed by atoms with Crippen molar-refractivity contribution in [1.29, 1.82) is 0 Å². The van der Waals surface area contributed by atoms with Crippen LogP contribution in [0.2, 0.25) is 0 Å². The van der Waals surface area contributed by atoms with Gasteiger partial charge < -0.3 is 15.4 Å². The van der Waals surface area contributed by atoms with E-state index in [0.717, 1.165) is 12.2 Å². The number of nitrogens with one attached hydrogen (secondary N) is 2. The van der Waals surface area contributed by atoms with Crippen molar-refractivity contribution in [1.82, 2.24) is 0 Å². The summed E-state index contributed by atoms with van der Waals surface area (Å²) in [5.74, 6) is -0.632. The Bertz CT molecular complexity index is 627.